The number of carbonyl (C=O) groups excluding carboxylic acids is 1. The average molecular weight is 263 g/mol. The summed E-state index contributed by atoms with van der Waals surface area (Å²) in [5, 5.41) is 13.2. The van der Waals surface area contributed by atoms with E-state index in [-0.39, 0.29) is 18.1 Å². The number of aromatic nitrogens is 1. The second-order valence-corrected chi connectivity index (χ2v) is 5.26. The molecule has 0 radical (unpaired) electrons. The molecule has 0 unspecified atom stereocenters. The molecule has 0 bridgehead atoms. The molecule has 5 nitrogen and oxygen atoms in total. The summed E-state index contributed by atoms with van der Waals surface area (Å²) in [5.74, 6) is -0.323. The van der Waals surface area contributed by atoms with Crippen molar-refractivity contribution in [3.05, 3.63) is 24.0 Å². The first-order valence-electron chi connectivity index (χ1n) is 6.82. The third-order valence-corrected chi connectivity index (χ3v) is 3.67. The lowest BCUT2D eigenvalue weighted by atomic mass is 9.94. The van der Waals surface area contributed by atoms with E-state index >= 15 is 0 Å². The third kappa shape index (κ3) is 3.67. The molecule has 2 rings (SSSR count). The van der Waals surface area contributed by atoms with Crippen LogP contribution in [0.25, 0.3) is 0 Å². The number of pyridine rings is 1. The van der Waals surface area contributed by atoms with Crippen LogP contribution < -0.4 is 11.1 Å². The molecule has 19 heavy (non-hydrogen) atoms. The molecule has 104 valence electrons. The Balaban J connectivity index is 1.94. The second-order valence-electron chi connectivity index (χ2n) is 5.26. The number of anilines is 1. The van der Waals surface area contributed by atoms with Crippen molar-refractivity contribution >= 4 is 11.6 Å². The lowest BCUT2D eigenvalue weighted by molar-refractivity contribution is 0.0246. The summed E-state index contributed by atoms with van der Waals surface area (Å²) in [6.07, 6.45) is 7.35. The second kappa shape index (κ2) is 6.02. The zero-order valence-electron chi connectivity index (χ0n) is 11.1. The highest BCUT2D eigenvalue weighted by molar-refractivity contribution is 5.97. The van der Waals surface area contributed by atoms with Crippen LogP contribution in [0.2, 0.25) is 0 Å². The standard InChI is InChI=1S/C14H21N3O2/c15-11-6-5-9-16-12(11)13(18)17-10-14(19)7-3-1-2-4-8-14/h5-6,9,19H,1-4,7-8,10,15H2,(H,17,18). The van der Waals surface area contributed by atoms with E-state index in [2.05, 4.69) is 10.3 Å². The van der Waals surface area contributed by atoms with Crippen LogP contribution in [-0.2, 0) is 0 Å². The van der Waals surface area contributed by atoms with Gasteiger partial charge in [-0.15, -0.1) is 0 Å². The SMILES string of the molecule is Nc1cccnc1C(=O)NCC1(O)CCCCCC1. The highest BCUT2D eigenvalue weighted by Crippen LogP contribution is 2.26. The Bertz CT molecular complexity index is 440. The quantitative estimate of drug-likeness (QED) is 0.721. The largest absolute Gasteiger partial charge is 0.397 e. The molecular weight excluding hydrogens is 242 g/mol. The number of amides is 1. The first kappa shape index (κ1) is 13.8. The Labute approximate surface area is 113 Å². The van der Waals surface area contributed by atoms with E-state index in [1.165, 1.54) is 6.20 Å². The number of hydrogen-bond donors (Lipinski definition) is 3. The normalized spacial score (nSPS) is 18.6. The zero-order valence-corrected chi connectivity index (χ0v) is 11.1. The van der Waals surface area contributed by atoms with E-state index in [9.17, 15) is 9.90 Å². The van der Waals surface area contributed by atoms with Gasteiger partial charge in [-0.25, -0.2) is 4.98 Å². The smallest absolute Gasteiger partial charge is 0.272 e. The lowest BCUT2D eigenvalue weighted by Crippen LogP contribution is -2.42. The number of aliphatic hydroxyl groups is 1. The third-order valence-electron chi connectivity index (χ3n) is 3.67. The molecule has 1 heterocycles. The van der Waals surface area contributed by atoms with Crippen LogP contribution in [0.1, 0.15) is 49.0 Å². The maximum absolute atomic E-state index is 12.0. The van der Waals surface area contributed by atoms with Gasteiger partial charge in [0, 0.05) is 12.7 Å². The van der Waals surface area contributed by atoms with Crippen molar-refractivity contribution in [1.29, 1.82) is 0 Å². The van der Waals surface area contributed by atoms with Gasteiger partial charge >= 0.3 is 0 Å². The molecule has 0 atom stereocenters. The van der Waals surface area contributed by atoms with Crippen molar-refractivity contribution in [3.8, 4) is 0 Å². The molecular formula is C14H21N3O2. The van der Waals surface area contributed by atoms with Gasteiger partial charge < -0.3 is 16.2 Å². The van der Waals surface area contributed by atoms with Gasteiger partial charge in [0.15, 0.2) is 5.69 Å². The van der Waals surface area contributed by atoms with Crippen molar-refractivity contribution in [3.63, 3.8) is 0 Å². The Kier molecular flexibility index (Phi) is 4.37. The van der Waals surface area contributed by atoms with Crippen molar-refractivity contribution in [2.45, 2.75) is 44.1 Å². The number of carbonyl (C=O) groups is 1. The number of hydrogen-bond acceptors (Lipinski definition) is 4. The van der Waals surface area contributed by atoms with E-state index in [0.717, 1.165) is 38.5 Å². The van der Waals surface area contributed by atoms with E-state index < -0.39 is 5.60 Å². The molecule has 1 saturated carbocycles. The van der Waals surface area contributed by atoms with E-state index in [4.69, 9.17) is 5.73 Å². The highest BCUT2D eigenvalue weighted by atomic mass is 16.3. The molecule has 0 aromatic carbocycles. The minimum Gasteiger partial charge on any atom is -0.397 e. The van der Waals surface area contributed by atoms with Crippen LogP contribution in [-0.4, -0.2) is 28.1 Å². The summed E-state index contributed by atoms with van der Waals surface area (Å²) in [6, 6.07) is 3.33. The topological polar surface area (TPSA) is 88.2 Å². The van der Waals surface area contributed by atoms with Gasteiger partial charge in [0.2, 0.25) is 0 Å². The van der Waals surface area contributed by atoms with Crippen molar-refractivity contribution in [2.24, 2.45) is 0 Å². The molecule has 1 aromatic rings. The lowest BCUT2D eigenvalue weighted by Gasteiger charge is -2.26. The Morgan fingerprint density at radius 3 is 2.68 bits per heavy atom. The summed E-state index contributed by atoms with van der Waals surface area (Å²) in [6.45, 7) is 0.266. The van der Waals surface area contributed by atoms with Gasteiger partial charge in [-0.1, -0.05) is 25.7 Å². The van der Waals surface area contributed by atoms with Gasteiger partial charge in [-0.3, -0.25) is 4.79 Å². The summed E-state index contributed by atoms with van der Waals surface area (Å²) in [5.41, 5.74) is 5.50. The number of nitrogens with one attached hydrogen (secondary N) is 1. The first-order chi connectivity index (χ1) is 9.11. The van der Waals surface area contributed by atoms with E-state index in [1.54, 1.807) is 12.1 Å². The zero-order chi connectivity index (χ0) is 13.7. The van der Waals surface area contributed by atoms with Crippen LogP contribution in [0.3, 0.4) is 0 Å². The Morgan fingerprint density at radius 1 is 1.37 bits per heavy atom. The van der Waals surface area contributed by atoms with E-state index in [0.29, 0.717) is 5.69 Å². The fraction of sp³-hybridized carbons (Fsp3) is 0.571. The molecule has 4 N–H and O–H groups in total. The summed E-state index contributed by atoms with van der Waals surface area (Å²) < 4.78 is 0. The van der Waals surface area contributed by atoms with Crippen LogP contribution in [0, 0.1) is 0 Å². The number of rotatable bonds is 3. The van der Waals surface area contributed by atoms with Crippen LogP contribution in [0.4, 0.5) is 5.69 Å². The average Bonchev–Trinajstić information content (AvgIpc) is 2.62. The fourth-order valence-electron chi connectivity index (χ4n) is 2.50. The minimum atomic E-state index is -0.782. The van der Waals surface area contributed by atoms with Gasteiger partial charge in [0.25, 0.3) is 5.91 Å². The number of nitrogens with zero attached hydrogens (tertiary/aromatic N) is 1. The van der Waals surface area contributed by atoms with Crippen LogP contribution in [0.5, 0.6) is 0 Å². The summed E-state index contributed by atoms with van der Waals surface area (Å²) in [7, 11) is 0. The van der Waals surface area contributed by atoms with Crippen LogP contribution in [0.15, 0.2) is 18.3 Å². The molecule has 1 aliphatic rings. The molecule has 0 aliphatic heterocycles. The predicted molar refractivity (Wildman–Crippen MR) is 73.6 cm³/mol. The number of nitrogens with two attached hydrogens (primary N) is 1. The molecule has 1 fully saturated rings. The molecule has 1 amide bonds. The Hall–Kier alpha value is -1.62. The molecule has 1 aromatic heterocycles. The van der Waals surface area contributed by atoms with Gasteiger partial charge in [0.1, 0.15) is 0 Å². The molecule has 5 heteroatoms. The molecule has 0 saturated heterocycles. The Morgan fingerprint density at radius 2 is 2.05 bits per heavy atom. The predicted octanol–water partition coefficient (Wildman–Crippen LogP) is 1.48. The van der Waals surface area contributed by atoms with Gasteiger partial charge in [0.05, 0.1) is 11.3 Å². The van der Waals surface area contributed by atoms with Crippen molar-refractivity contribution < 1.29 is 9.90 Å². The maximum Gasteiger partial charge on any atom is 0.272 e. The monoisotopic (exact) mass is 263 g/mol. The molecule has 1 aliphatic carbocycles. The summed E-state index contributed by atoms with van der Waals surface area (Å²) >= 11 is 0. The van der Waals surface area contributed by atoms with Crippen molar-refractivity contribution in [2.75, 3.05) is 12.3 Å². The van der Waals surface area contributed by atoms with Crippen molar-refractivity contribution in [1.82, 2.24) is 10.3 Å². The van der Waals surface area contributed by atoms with E-state index in [1.807, 2.05) is 0 Å². The summed E-state index contributed by atoms with van der Waals surface area (Å²) in [4.78, 5) is 15.9. The number of nitrogen functional groups attached to an aromatic ring is 1. The maximum atomic E-state index is 12.0. The first-order valence-corrected chi connectivity index (χ1v) is 6.82. The van der Waals surface area contributed by atoms with Crippen LogP contribution >= 0.6 is 0 Å². The molecule has 0 spiro atoms. The highest BCUT2D eigenvalue weighted by Gasteiger charge is 2.28. The van der Waals surface area contributed by atoms with Gasteiger partial charge in [-0.05, 0) is 25.0 Å². The fourth-order valence-corrected chi connectivity index (χ4v) is 2.50. The van der Waals surface area contributed by atoms with Gasteiger partial charge in [-0.2, -0.15) is 0 Å². The minimum absolute atomic E-state index is 0.222.